The van der Waals surface area contributed by atoms with Gasteiger partial charge in [-0.25, -0.2) is 0 Å². The zero-order valence-corrected chi connectivity index (χ0v) is 11.8. The van der Waals surface area contributed by atoms with Gasteiger partial charge < -0.3 is 5.11 Å². The maximum Gasteiger partial charge on any atom is 0.0986 e. The minimum absolute atomic E-state index is 0.0195. The van der Waals surface area contributed by atoms with Crippen LogP contribution in [-0.4, -0.2) is 23.1 Å². The Kier molecular flexibility index (Phi) is 3.86. The summed E-state index contributed by atoms with van der Waals surface area (Å²) < 4.78 is 0. The predicted octanol–water partition coefficient (Wildman–Crippen LogP) is 3.56. The Morgan fingerprint density at radius 2 is 1.40 bits per heavy atom. The summed E-state index contributed by atoms with van der Waals surface area (Å²) in [6.45, 7) is 0. The molecule has 0 bridgehead atoms. The van der Waals surface area contributed by atoms with E-state index in [1.165, 1.54) is 18.4 Å². The summed E-state index contributed by atoms with van der Waals surface area (Å²) in [7, 11) is 2.13. The molecule has 20 heavy (non-hydrogen) atoms. The van der Waals surface area contributed by atoms with Crippen LogP contribution in [0.5, 0.6) is 0 Å². The Hall–Kier alpha value is -1.64. The molecule has 0 aromatic heterocycles. The third-order valence-corrected chi connectivity index (χ3v) is 4.14. The lowest BCUT2D eigenvalue weighted by Gasteiger charge is -2.32. The Labute approximate surface area is 120 Å². The monoisotopic (exact) mass is 267 g/mol. The molecule has 2 heteroatoms. The molecule has 0 aliphatic heterocycles. The Morgan fingerprint density at radius 1 is 0.900 bits per heavy atom. The van der Waals surface area contributed by atoms with E-state index in [2.05, 4.69) is 24.1 Å². The summed E-state index contributed by atoms with van der Waals surface area (Å²) in [5, 5.41) is 10.8. The molecule has 1 aliphatic carbocycles. The molecule has 2 nitrogen and oxygen atoms in total. The highest BCUT2D eigenvalue weighted by Crippen LogP contribution is 2.39. The molecule has 0 heterocycles. The van der Waals surface area contributed by atoms with E-state index < -0.39 is 6.10 Å². The van der Waals surface area contributed by atoms with Crippen LogP contribution in [0.15, 0.2) is 60.7 Å². The largest absolute Gasteiger partial charge is 0.386 e. The van der Waals surface area contributed by atoms with Crippen molar-refractivity contribution < 1.29 is 5.11 Å². The molecule has 2 unspecified atom stereocenters. The lowest BCUT2D eigenvalue weighted by atomic mass is 9.94. The zero-order chi connectivity index (χ0) is 13.9. The van der Waals surface area contributed by atoms with Gasteiger partial charge in [0.2, 0.25) is 0 Å². The number of benzene rings is 2. The number of likely N-dealkylation sites (N-methyl/N-ethyl adjacent to an activating group) is 1. The van der Waals surface area contributed by atoms with Gasteiger partial charge in [0.15, 0.2) is 0 Å². The topological polar surface area (TPSA) is 23.5 Å². The van der Waals surface area contributed by atoms with Crippen LogP contribution in [0.25, 0.3) is 0 Å². The molecular formula is C18H21NO. The normalized spacial score (nSPS) is 17.9. The molecular weight excluding hydrogens is 246 g/mol. The van der Waals surface area contributed by atoms with Crippen molar-refractivity contribution in [3.63, 3.8) is 0 Å². The van der Waals surface area contributed by atoms with Crippen LogP contribution < -0.4 is 0 Å². The fourth-order valence-corrected chi connectivity index (χ4v) is 2.83. The van der Waals surface area contributed by atoms with Crippen LogP contribution in [0.4, 0.5) is 0 Å². The van der Waals surface area contributed by atoms with Crippen LogP contribution in [0.2, 0.25) is 0 Å². The Morgan fingerprint density at radius 3 is 1.90 bits per heavy atom. The first-order valence-corrected chi connectivity index (χ1v) is 7.27. The van der Waals surface area contributed by atoms with Crippen LogP contribution in [0.3, 0.4) is 0 Å². The summed E-state index contributed by atoms with van der Waals surface area (Å²) in [5.41, 5.74) is 2.16. The fraction of sp³-hybridized carbons (Fsp3) is 0.333. The van der Waals surface area contributed by atoms with Crippen molar-refractivity contribution in [3.05, 3.63) is 71.8 Å². The van der Waals surface area contributed by atoms with E-state index in [-0.39, 0.29) is 6.04 Å². The van der Waals surface area contributed by atoms with Crippen molar-refractivity contribution in [3.8, 4) is 0 Å². The van der Waals surface area contributed by atoms with Gasteiger partial charge in [0.25, 0.3) is 0 Å². The third kappa shape index (κ3) is 2.77. The molecule has 104 valence electrons. The fourth-order valence-electron chi connectivity index (χ4n) is 2.83. The number of aliphatic hydroxyl groups excluding tert-OH is 1. The second-order valence-electron chi connectivity index (χ2n) is 5.61. The number of nitrogens with zero attached hydrogens (tertiary/aromatic N) is 1. The number of hydrogen-bond donors (Lipinski definition) is 1. The van der Waals surface area contributed by atoms with Gasteiger partial charge in [-0.15, -0.1) is 0 Å². The summed E-state index contributed by atoms with van der Waals surface area (Å²) in [6.07, 6.45) is 1.98. The third-order valence-electron chi connectivity index (χ3n) is 4.14. The van der Waals surface area contributed by atoms with Crippen molar-refractivity contribution in [2.24, 2.45) is 0 Å². The molecule has 0 radical (unpaired) electrons. The average Bonchev–Trinajstić information content (AvgIpc) is 3.34. The highest BCUT2D eigenvalue weighted by Gasteiger charge is 2.35. The maximum absolute atomic E-state index is 10.8. The first-order chi connectivity index (χ1) is 9.77. The molecule has 2 atom stereocenters. The molecule has 0 amide bonds. The zero-order valence-electron chi connectivity index (χ0n) is 11.8. The van der Waals surface area contributed by atoms with Gasteiger partial charge in [-0.2, -0.15) is 0 Å². The second-order valence-corrected chi connectivity index (χ2v) is 5.61. The molecule has 2 aromatic rings. The molecule has 1 aliphatic rings. The first kappa shape index (κ1) is 13.3. The van der Waals surface area contributed by atoms with Crippen molar-refractivity contribution >= 4 is 0 Å². The average molecular weight is 267 g/mol. The van der Waals surface area contributed by atoms with Gasteiger partial charge >= 0.3 is 0 Å². The van der Waals surface area contributed by atoms with Gasteiger partial charge in [-0.1, -0.05) is 60.7 Å². The minimum atomic E-state index is -0.496. The van der Waals surface area contributed by atoms with E-state index in [0.29, 0.717) is 6.04 Å². The highest BCUT2D eigenvalue weighted by molar-refractivity contribution is 5.26. The standard InChI is InChI=1S/C18H21NO/c1-19(16-12-13-16)17(14-8-4-2-5-9-14)18(20)15-10-6-3-7-11-15/h2-11,16-18,20H,12-13H2,1H3. The van der Waals surface area contributed by atoms with Crippen molar-refractivity contribution in [2.75, 3.05) is 7.05 Å². The van der Waals surface area contributed by atoms with E-state index in [4.69, 9.17) is 0 Å². The molecule has 0 spiro atoms. The van der Waals surface area contributed by atoms with Crippen LogP contribution in [0, 0.1) is 0 Å². The van der Waals surface area contributed by atoms with Gasteiger partial charge in [0, 0.05) is 6.04 Å². The predicted molar refractivity (Wildman–Crippen MR) is 81.4 cm³/mol. The second kappa shape index (κ2) is 5.78. The van der Waals surface area contributed by atoms with Crippen LogP contribution in [-0.2, 0) is 0 Å². The number of rotatable bonds is 5. The minimum Gasteiger partial charge on any atom is -0.386 e. The summed E-state index contributed by atoms with van der Waals surface area (Å²) in [4.78, 5) is 2.33. The van der Waals surface area contributed by atoms with Crippen molar-refractivity contribution in [2.45, 2.75) is 31.0 Å². The van der Waals surface area contributed by atoms with E-state index in [1.54, 1.807) is 0 Å². The molecule has 3 rings (SSSR count). The Bertz CT molecular complexity index is 536. The lowest BCUT2D eigenvalue weighted by Crippen LogP contribution is -2.31. The lowest BCUT2D eigenvalue weighted by molar-refractivity contribution is 0.0576. The molecule has 0 saturated heterocycles. The molecule has 1 fully saturated rings. The van der Waals surface area contributed by atoms with Crippen LogP contribution >= 0.6 is 0 Å². The quantitative estimate of drug-likeness (QED) is 0.895. The smallest absolute Gasteiger partial charge is 0.0986 e. The van der Waals surface area contributed by atoms with Crippen molar-refractivity contribution in [1.29, 1.82) is 0 Å². The number of aliphatic hydroxyl groups is 1. The molecule has 2 aromatic carbocycles. The Balaban J connectivity index is 1.93. The summed E-state index contributed by atoms with van der Waals surface area (Å²) in [5.74, 6) is 0. The van der Waals surface area contributed by atoms with Gasteiger partial charge in [0.1, 0.15) is 0 Å². The van der Waals surface area contributed by atoms with Gasteiger partial charge in [-0.05, 0) is 31.0 Å². The first-order valence-electron chi connectivity index (χ1n) is 7.27. The molecule has 1 saturated carbocycles. The maximum atomic E-state index is 10.8. The summed E-state index contributed by atoms with van der Waals surface area (Å²) >= 11 is 0. The van der Waals surface area contributed by atoms with Crippen LogP contribution in [0.1, 0.15) is 36.1 Å². The van der Waals surface area contributed by atoms with E-state index in [0.717, 1.165) is 5.56 Å². The highest BCUT2D eigenvalue weighted by atomic mass is 16.3. The van der Waals surface area contributed by atoms with Gasteiger partial charge in [-0.3, -0.25) is 4.90 Å². The SMILES string of the molecule is CN(C1CC1)C(c1ccccc1)C(O)c1ccccc1. The molecule has 1 N–H and O–H groups in total. The van der Waals surface area contributed by atoms with E-state index in [9.17, 15) is 5.11 Å². The van der Waals surface area contributed by atoms with Gasteiger partial charge in [0.05, 0.1) is 12.1 Å². The van der Waals surface area contributed by atoms with E-state index >= 15 is 0 Å². The number of hydrogen-bond acceptors (Lipinski definition) is 2. The van der Waals surface area contributed by atoms with Crippen molar-refractivity contribution in [1.82, 2.24) is 4.90 Å². The van der Waals surface area contributed by atoms with E-state index in [1.807, 2.05) is 48.5 Å². The summed E-state index contributed by atoms with van der Waals surface area (Å²) in [6, 6.07) is 20.9.